The highest BCUT2D eigenvalue weighted by molar-refractivity contribution is 5.29. The van der Waals surface area contributed by atoms with E-state index in [1.165, 1.54) is 18.4 Å². The Morgan fingerprint density at radius 3 is 2.31 bits per heavy atom. The Kier molecular flexibility index (Phi) is 5.33. The van der Waals surface area contributed by atoms with Crippen LogP contribution in [0.15, 0.2) is 24.3 Å². The molecule has 16 heavy (non-hydrogen) atoms. The maximum absolute atomic E-state index is 5.16. The maximum atomic E-state index is 5.16. The Bertz CT molecular complexity index is 294. The van der Waals surface area contributed by atoms with Gasteiger partial charge < -0.3 is 10.1 Å². The topological polar surface area (TPSA) is 21.3 Å². The van der Waals surface area contributed by atoms with Crippen molar-refractivity contribution in [1.82, 2.24) is 5.32 Å². The van der Waals surface area contributed by atoms with Gasteiger partial charge in [0, 0.05) is 6.04 Å². The van der Waals surface area contributed by atoms with Crippen LogP contribution in [0.5, 0.6) is 5.75 Å². The van der Waals surface area contributed by atoms with Crippen LogP contribution in [0.4, 0.5) is 0 Å². The molecule has 2 atom stereocenters. The first-order valence-corrected chi connectivity index (χ1v) is 6.02. The van der Waals surface area contributed by atoms with Crippen molar-refractivity contribution in [2.45, 2.75) is 32.7 Å². The number of nitrogens with one attached hydrogen (secondary N) is 1. The van der Waals surface area contributed by atoms with Gasteiger partial charge in [-0.1, -0.05) is 32.4 Å². The molecule has 1 aromatic carbocycles. The Labute approximate surface area is 99.0 Å². The van der Waals surface area contributed by atoms with Crippen molar-refractivity contribution < 1.29 is 4.74 Å². The van der Waals surface area contributed by atoms with Gasteiger partial charge in [-0.25, -0.2) is 0 Å². The van der Waals surface area contributed by atoms with Crippen LogP contribution >= 0.6 is 0 Å². The largest absolute Gasteiger partial charge is 0.497 e. The van der Waals surface area contributed by atoms with Gasteiger partial charge in [-0.15, -0.1) is 0 Å². The second kappa shape index (κ2) is 6.54. The van der Waals surface area contributed by atoms with Gasteiger partial charge >= 0.3 is 0 Å². The summed E-state index contributed by atoms with van der Waals surface area (Å²) < 4.78 is 5.16. The molecule has 2 heteroatoms. The SMILES string of the molecule is CCC(C)CC(NC)c1ccc(OC)cc1. The molecule has 90 valence electrons. The van der Waals surface area contributed by atoms with E-state index in [9.17, 15) is 0 Å². The molecule has 1 aromatic rings. The lowest BCUT2D eigenvalue weighted by Gasteiger charge is -2.20. The molecular formula is C14H23NO. The predicted octanol–water partition coefficient (Wildman–Crippen LogP) is 3.39. The van der Waals surface area contributed by atoms with E-state index in [0.717, 1.165) is 11.7 Å². The van der Waals surface area contributed by atoms with Gasteiger partial charge in [0.1, 0.15) is 5.75 Å². The quantitative estimate of drug-likeness (QED) is 0.795. The van der Waals surface area contributed by atoms with Gasteiger partial charge in [-0.2, -0.15) is 0 Å². The summed E-state index contributed by atoms with van der Waals surface area (Å²) in [5, 5.41) is 3.38. The van der Waals surface area contributed by atoms with E-state index in [0.29, 0.717) is 6.04 Å². The van der Waals surface area contributed by atoms with Gasteiger partial charge in [0.25, 0.3) is 0 Å². The number of hydrogen-bond acceptors (Lipinski definition) is 2. The maximum Gasteiger partial charge on any atom is 0.118 e. The first-order chi connectivity index (χ1) is 7.71. The van der Waals surface area contributed by atoms with Crippen LogP contribution < -0.4 is 10.1 Å². The fourth-order valence-corrected chi connectivity index (χ4v) is 1.83. The number of ether oxygens (including phenoxy) is 1. The number of methoxy groups -OCH3 is 1. The summed E-state index contributed by atoms with van der Waals surface area (Å²) in [6, 6.07) is 8.78. The molecule has 0 spiro atoms. The minimum Gasteiger partial charge on any atom is -0.497 e. The van der Waals surface area contributed by atoms with Crippen molar-refractivity contribution in [3.8, 4) is 5.75 Å². The molecule has 0 saturated heterocycles. The highest BCUT2D eigenvalue weighted by Gasteiger charge is 2.12. The summed E-state index contributed by atoms with van der Waals surface area (Å²) in [5.41, 5.74) is 1.34. The predicted molar refractivity (Wildman–Crippen MR) is 68.9 cm³/mol. The lowest BCUT2D eigenvalue weighted by Crippen LogP contribution is -2.18. The van der Waals surface area contributed by atoms with Crippen LogP contribution in [0, 0.1) is 5.92 Å². The van der Waals surface area contributed by atoms with E-state index in [2.05, 4.69) is 31.3 Å². The van der Waals surface area contributed by atoms with E-state index in [1.54, 1.807) is 7.11 Å². The third-order valence-corrected chi connectivity index (χ3v) is 3.20. The van der Waals surface area contributed by atoms with Gasteiger partial charge in [0.2, 0.25) is 0 Å². The normalized spacial score (nSPS) is 14.5. The molecule has 0 saturated carbocycles. The van der Waals surface area contributed by atoms with E-state index >= 15 is 0 Å². The van der Waals surface area contributed by atoms with Gasteiger partial charge in [-0.3, -0.25) is 0 Å². The number of hydrogen-bond donors (Lipinski definition) is 1. The zero-order valence-corrected chi connectivity index (χ0v) is 10.8. The molecule has 0 aromatic heterocycles. The molecule has 0 aliphatic heterocycles. The Hall–Kier alpha value is -1.02. The fourth-order valence-electron chi connectivity index (χ4n) is 1.83. The van der Waals surface area contributed by atoms with Crippen LogP contribution in [0.25, 0.3) is 0 Å². The molecular weight excluding hydrogens is 198 g/mol. The fraction of sp³-hybridized carbons (Fsp3) is 0.571. The van der Waals surface area contributed by atoms with E-state index in [1.807, 2.05) is 19.2 Å². The van der Waals surface area contributed by atoms with Gasteiger partial charge in [-0.05, 0) is 37.1 Å². The highest BCUT2D eigenvalue weighted by Crippen LogP contribution is 2.24. The second-order valence-electron chi connectivity index (χ2n) is 4.36. The van der Waals surface area contributed by atoms with Crippen LogP contribution in [-0.2, 0) is 0 Å². The molecule has 0 aliphatic rings. The zero-order valence-electron chi connectivity index (χ0n) is 10.8. The van der Waals surface area contributed by atoms with E-state index in [-0.39, 0.29) is 0 Å². The molecule has 0 heterocycles. The number of benzene rings is 1. The Morgan fingerprint density at radius 2 is 1.88 bits per heavy atom. The molecule has 1 rings (SSSR count). The van der Waals surface area contributed by atoms with Crippen LogP contribution in [0.1, 0.15) is 38.3 Å². The van der Waals surface area contributed by atoms with Gasteiger partial charge in [0.05, 0.1) is 7.11 Å². The minimum atomic E-state index is 0.445. The lowest BCUT2D eigenvalue weighted by atomic mass is 9.94. The Balaban J connectivity index is 2.70. The van der Waals surface area contributed by atoms with Crippen molar-refractivity contribution in [1.29, 1.82) is 0 Å². The molecule has 2 unspecified atom stereocenters. The van der Waals surface area contributed by atoms with Crippen molar-refractivity contribution in [3.05, 3.63) is 29.8 Å². The van der Waals surface area contributed by atoms with Gasteiger partial charge in [0.15, 0.2) is 0 Å². The van der Waals surface area contributed by atoms with Crippen molar-refractivity contribution in [2.75, 3.05) is 14.2 Å². The monoisotopic (exact) mass is 221 g/mol. The molecule has 0 aliphatic carbocycles. The average molecular weight is 221 g/mol. The summed E-state index contributed by atoms with van der Waals surface area (Å²) in [6.45, 7) is 4.54. The van der Waals surface area contributed by atoms with E-state index in [4.69, 9.17) is 4.74 Å². The van der Waals surface area contributed by atoms with Crippen LogP contribution in [-0.4, -0.2) is 14.2 Å². The van der Waals surface area contributed by atoms with E-state index < -0.39 is 0 Å². The molecule has 0 amide bonds. The standard InChI is InChI=1S/C14H23NO/c1-5-11(2)10-14(15-3)12-6-8-13(16-4)9-7-12/h6-9,11,14-15H,5,10H2,1-4H3. The summed E-state index contributed by atoms with van der Waals surface area (Å²) in [4.78, 5) is 0. The molecule has 2 nitrogen and oxygen atoms in total. The molecule has 0 fully saturated rings. The summed E-state index contributed by atoms with van der Waals surface area (Å²) >= 11 is 0. The van der Waals surface area contributed by atoms with Crippen molar-refractivity contribution in [2.24, 2.45) is 5.92 Å². The van der Waals surface area contributed by atoms with Crippen LogP contribution in [0.2, 0.25) is 0 Å². The minimum absolute atomic E-state index is 0.445. The first-order valence-electron chi connectivity index (χ1n) is 6.02. The molecule has 0 radical (unpaired) electrons. The Morgan fingerprint density at radius 1 is 1.25 bits per heavy atom. The smallest absolute Gasteiger partial charge is 0.118 e. The van der Waals surface area contributed by atoms with Crippen molar-refractivity contribution in [3.63, 3.8) is 0 Å². The summed E-state index contributed by atoms with van der Waals surface area (Å²) in [5.74, 6) is 1.67. The summed E-state index contributed by atoms with van der Waals surface area (Å²) in [6.07, 6.45) is 2.41. The number of rotatable bonds is 6. The van der Waals surface area contributed by atoms with Crippen molar-refractivity contribution >= 4 is 0 Å². The third-order valence-electron chi connectivity index (χ3n) is 3.20. The molecule has 0 bridgehead atoms. The second-order valence-corrected chi connectivity index (χ2v) is 4.36. The lowest BCUT2D eigenvalue weighted by molar-refractivity contribution is 0.410. The highest BCUT2D eigenvalue weighted by atomic mass is 16.5. The molecule has 1 N–H and O–H groups in total. The summed E-state index contributed by atoms with van der Waals surface area (Å²) in [7, 11) is 3.72. The third kappa shape index (κ3) is 3.53. The first kappa shape index (κ1) is 13.0. The average Bonchev–Trinajstić information content (AvgIpc) is 2.35. The zero-order chi connectivity index (χ0) is 12.0. The van der Waals surface area contributed by atoms with Crippen LogP contribution in [0.3, 0.4) is 0 Å².